The van der Waals surface area contributed by atoms with Gasteiger partial charge in [0, 0.05) is 13.1 Å². The van der Waals surface area contributed by atoms with Gasteiger partial charge in [-0.25, -0.2) is 0 Å². The quantitative estimate of drug-likeness (QED) is 0.863. The minimum Gasteiger partial charge on any atom is -0.496 e. The highest BCUT2D eigenvalue weighted by molar-refractivity contribution is 5.39. The van der Waals surface area contributed by atoms with Crippen molar-refractivity contribution >= 4 is 0 Å². The van der Waals surface area contributed by atoms with E-state index in [4.69, 9.17) is 4.74 Å². The van der Waals surface area contributed by atoms with Crippen molar-refractivity contribution in [1.82, 2.24) is 5.32 Å². The lowest BCUT2D eigenvalue weighted by atomic mass is 9.78. The van der Waals surface area contributed by atoms with Crippen LogP contribution < -0.4 is 10.1 Å². The molecule has 0 amide bonds. The molecule has 1 aliphatic rings. The van der Waals surface area contributed by atoms with Crippen molar-refractivity contribution in [3.8, 4) is 5.75 Å². The number of benzene rings is 1. The van der Waals surface area contributed by atoms with Crippen LogP contribution in [0.2, 0.25) is 0 Å². The monoisotopic (exact) mass is 233 g/mol. The highest BCUT2D eigenvalue weighted by Gasteiger charge is 2.31. The molecule has 0 aliphatic carbocycles. The maximum atomic E-state index is 5.42. The van der Waals surface area contributed by atoms with Crippen molar-refractivity contribution in [3.05, 3.63) is 29.3 Å². The summed E-state index contributed by atoms with van der Waals surface area (Å²) in [5, 5.41) is 3.36. The van der Waals surface area contributed by atoms with Gasteiger partial charge in [0.05, 0.1) is 7.11 Å². The summed E-state index contributed by atoms with van der Waals surface area (Å²) in [4.78, 5) is 0. The van der Waals surface area contributed by atoms with Crippen LogP contribution in [0.25, 0.3) is 0 Å². The van der Waals surface area contributed by atoms with E-state index in [2.05, 4.69) is 44.3 Å². The van der Waals surface area contributed by atoms with E-state index in [0.29, 0.717) is 11.3 Å². The van der Waals surface area contributed by atoms with Crippen molar-refractivity contribution < 1.29 is 4.74 Å². The Balaban J connectivity index is 2.21. The van der Waals surface area contributed by atoms with Gasteiger partial charge in [0.25, 0.3) is 0 Å². The van der Waals surface area contributed by atoms with Crippen LogP contribution in [0.15, 0.2) is 18.2 Å². The summed E-state index contributed by atoms with van der Waals surface area (Å²) < 4.78 is 5.42. The van der Waals surface area contributed by atoms with E-state index in [0.717, 1.165) is 25.3 Å². The Hall–Kier alpha value is -1.02. The highest BCUT2D eigenvalue weighted by Crippen LogP contribution is 2.31. The van der Waals surface area contributed by atoms with Crippen LogP contribution in [0.5, 0.6) is 5.75 Å². The maximum absolute atomic E-state index is 5.42. The first-order chi connectivity index (χ1) is 8.04. The fourth-order valence-electron chi connectivity index (χ4n) is 2.51. The van der Waals surface area contributed by atoms with Gasteiger partial charge in [-0.2, -0.15) is 0 Å². The Labute approximate surface area is 104 Å². The Morgan fingerprint density at radius 1 is 1.35 bits per heavy atom. The molecule has 0 aromatic heterocycles. The lowest BCUT2D eigenvalue weighted by Gasteiger charge is -2.39. The zero-order valence-electron chi connectivity index (χ0n) is 11.3. The molecule has 2 rings (SSSR count). The van der Waals surface area contributed by atoms with E-state index in [1.165, 1.54) is 11.1 Å². The van der Waals surface area contributed by atoms with Crippen LogP contribution in [-0.2, 0) is 6.42 Å². The number of hydrogen-bond donors (Lipinski definition) is 1. The Morgan fingerprint density at radius 2 is 2.06 bits per heavy atom. The normalized spacial score (nSPS) is 17.9. The third-order valence-corrected chi connectivity index (χ3v) is 3.65. The van der Waals surface area contributed by atoms with Gasteiger partial charge >= 0.3 is 0 Å². The molecule has 17 heavy (non-hydrogen) atoms. The van der Waals surface area contributed by atoms with Gasteiger partial charge in [0.1, 0.15) is 5.75 Å². The summed E-state index contributed by atoms with van der Waals surface area (Å²) in [6, 6.07) is 6.63. The summed E-state index contributed by atoms with van der Waals surface area (Å²) in [5.74, 6) is 1.53. The van der Waals surface area contributed by atoms with E-state index in [1.54, 1.807) is 7.11 Å². The molecule has 0 bridgehead atoms. The molecule has 1 saturated heterocycles. The van der Waals surface area contributed by atoms with Crippen LogP contribution in [0.1, 0.15) is 37.8 Å². The fourth-order valence-corrected chi connectivity index (χ4v) is 2.51. The lowest BCUT2D eigenvalue weighted by molar-refractivity contribution is 0.195. The average molecular weight is 233 g/mol. The smallest absolute Gasteiger partial charge is 0.122 e. The van der Waals surface area contributed by atoms with Crippen molar-refractivity contribution in [2.24, 2.45) is 5.41 Å². The molecule has 0 spiro atoms. The first kappa shape index (κ1) is 12.4. The van der Waals surface area contributed by atoms with Crippen LogP contribution >= 0.6 is 0 Å². The molecule has 1 aromatic carbocycles. The van der Waals surface area contributed by atoms with Gasteiger partial charge in [-0.05, 0) is 34.9 Å². The van der Waals surface area contributed by atoms with Gasteiger partial charge in [-0.15, -0.1) is 0 Å². The molecule has 0 unspecified atom stereocenters. The SMILES string of the molecule is COc1ccc(CC2(C)CNC2)cc1C(C)C. The molecule has 1 aliphatic heterocycles. The summed E-state index contributed by atoms with van der Waals surface area (Å²) in [7, 11) is 1.75. The molecule has 1 fully saturated rings. The van der Waals surface area contributed by atoms with Gasteiger partial charge in [0.2, 0.25) is 0 Å². The van der Waals surface area contributed by atoms with Crippen LogP contribution in [0, 0.1) is 5.41 Å². The van der Waals surface area contributed by atoms with E-state index in [9.17, 15) is 0 Å². The molecular formula is C15H23NO. The van der Waals surface area contributed by atoms with Crippen LogP contribution in [0.4, 0.5) is 0 Å². The third kappa shape index (κ3) is 2.63. The second-order valence-corrected chi connectivity index (χ2v) is 5.82. The molecule has 0 radical (unpaired) electrons. The molecule has 1 aromatic rings. The molecular weight excluding hydrogens is 210 g/mol. The molecule has 0 saturated carbocycles. The number of methoxy groups -OCH3 is 1. The number of rotatable bonds is 4. The van der Waals surface area contributed by atoms with Crippen LogP contribution in [-0.4, -0.2) is 20.2 Å². The average Bonchev–Trinajstić information content (AvgIpc) is 2.26. The predicted molar refractivity (Wildman–Crippen MR) is 71.8 cm³/mol. The number of hydrogen-bond acceptors (Lipinski definition) is 2. The topological polar surface area (TPSA) is 21.3 Å². The Bertz CT molecular complexity index is 394. The zero-order valence-corrected chi connectivity index (χ0v) is 11.3. The van der Waals surface area contributed by atoms with E-state index < -0.39 is 0 Å². The lowest BCUT2D eigenvalue weighted by Crippen LogP contribution is -2.52. The van der Waals surface area contributed by atoms with E-state index in [-0.39, 0.29) is 0 Å². The summed E-state index contributed by atoms with van der Waals surface area (Å²) in [5.41, 5.74) is 3.20. The fraction of sp³-hybridized carbons (Fsp3) is 0.600. The highest BCUT2D eigenvalue weighted by atomic mass is 16.5. The standard InChI is InChI=1S/C15H23NO/c1-11(2)13-7-12(5-6-14(13)17-4)8-15(3)9-16-10-15/h5-7,11,16H,8-10H2,1-4H3. The summed E-state index contributed by atoms with van der Waals surface area (Å²) >= 11 is 0. The Morgan fingerprint density at radius 3 is 2.53 bits per heavy atom. The summed E-state index contributed by atoms with van der Waals surface area (Å²) in [6.45, 7) is 9.05. The van der Waals surface area contributed by atoms with Gasteiger partial charge in [0.15, 0.2) is 0 Å². The van der Waals surface area contributed by atoms with Crippen molar-refractivity contribution in [1.29, 1.82) is 0 Å². The molecule has 0 atom stereocenters. The second-order valence-electron chi connectivity index (χ2n) is 5.82. The summed E-state index contributed by atoms with van der Waals surface area (Å²) in [6.07, 6.45) is 1.16. The molecule has 94 valence electrons. The van der Waals surface area contributed by atoms with Gasteiger partial charge in [-0.3, -0.25) is 0 Å². The number of nitrogens with one attached hydrogen (secondary N) is 1. The maximum Gasteiger partial charge on any atom is 0.122 e. The third-order valence-electron chi connectivity index (χ3n) is 3.65. The first-order valence-corrected chi connectivity index (χ1v) is 6.42. The molecule has 2 heteroatoms. The van der Waals surface area contributed by atoms with Crippen molar-refractivity contribution in [2.45, 2.75) is 33.1 Å². The van der Waals surface area contributed by atoms with Gasteiger partial charge in [-0.1, -0.05) is 32.9 Å². The number of ether oxygens (including phenoxy) is 1. The second kappa shape index (κ2) is 4.69. The molecule has 2 nitrogen and oxygen atoms in total. The largest absolute Gasteiger partial charge is 0.496 e. The van der Waals surface area contributed by atoms with Crippen LogP contribution in [0.3, 0.4) is 0 Å². The van der Waals surface area contributed by atoms with Crippen molar-refractivity contribution in [2.75, 3.05) is 20.2 Å². The zero-order chi connectivity index (χ0) is 12.5. The van der Waals surface area contributed by atoms with E-state index in [1.807, 2.05) is 0 Å². The minimum absolute atomic E-state index is 0.447. The first-order valence-electron chi connectivity index (χ1n) is 6.42. The molecule has 1 heterocycles. The minimum atomic E-state index is 0.447. The Kier molecular flexibility index (Phi) is 3.43. The van der Waals surface area contributed by atoms with Gasteiger partial charge < -0.3 is 10.1 Å². The van der Waals surface area contributed by atoms with Crippen molar-refractivity contribution in [3.63, 3.8) is 0 Å². The predicted octanol–water partition coefficient (Wildman–Crippen LogP) is 2.97. The van der Waals surface area contributed by atoms with E-state index >= 15 is 0 Å². The molecule has 1 N–H and O–H groups in total.